The first kappa shape index (κ1) is 21.6. The van der Waals surface area contributed by atoms with Gasteiger partial charge in [-0.3, -0.25) is 9.59 Å². The van der Waals surface area contributed by atoms with Crippen molar-refractivity contribution in [3.8, 4) is 5.75 Å². The Balaban J connectivity index is 1.44. The van der Waals surface area contributed by atoms with Crippen LogP contribution in [0.15, 0.2) is 24.3 Å². The van der Waals surface area contributed by atoms with E-state index in [9.17, 15) is 9.59 Å². The van der Waals surface area contributed by atoms with Gasteiger partial charge in [0.25, 0.3) is 0 Å². The molecule has 0 atom stereocenters. The van der Waals surface area contributed by atoms with Gasteiger partial charge in [0.05, 0.1) is 23.9 Å². The lowest BCUT2D eigenvalue weighted by molar-refractivity contribution is -0.132. The van der Waals surface area contributed by atoms with Gasteiger partial charge in [0.1, 0.15) is 5.75 Å². The molecule has 1 aliphatic rings. The highest BCUT2D eigenvalue weighted by atomic mass is 35.5. The standard InChI is InChI=1S/C21H26ClN3O3S/c1-14(2)12-20(27)25-10-9-16-18(13-25)29-21(23-16)24-19(26)8-5-11-28-17-7-4-3-6-15(17)22/h3-4,6-7,14H,5,8-13H2,1-2H3,(H,23,24,26). The highest BCUT2D eigenvalue weighted by molar-refractivity contribution is 7.15. The number of anilines is 1. The number of carbonyl (C=O) groups excluding carboxylic acids is 2. The van der Waals surface area contributed by atoms with Crippen LogP contribution in [0.3, 0.4) is 0 Å². The van der Waals surface area contributed by atoms with Crippen molar-refractivity contribution in [2.75, 3.05) is 18.5 Å². The molecule has 1 aromatic carbocycles. The summed E-state index contributed by atoms with van der Waals surface area (Å²) in [6, 6.07) is 7.27. The number of benzene rings is 1. The fraction of sp³-hybridized carbons (Fsp3) is 0.476. The van der Waals surface area contributed by atoms with Gasteiger partial charge in [-0.05, 0) is 24.5 Å². The van der Waals surface area contributed by atoms with Crippen molar-refractivity contribution in [3.63, 3.8) is 0 Å². The van der Waals surface area contributed by atoms with E-state index in [4.69, 9.17) is 16.3 Å². The summed E-state index contributed by atoms with van der Waals surface area (Å²) in [5, 5.41) is 4.03. The van der Waals surface area contributed by atoms with Crippen molar-refractivity contribution >= 4 is 39.9 Å². The number of carbonyl (C=O) groups is 2. The molecule has 2 aromatic rings. The molecule has 1 aliphatic heterocycles. The van der Waals surface area contributed by atoms with E-state index in [0.717, 1.165) is 17.0 Å². The summed E-state index contributed by atoms with van der Waals surface area (Å²) in [6.07, 6.45) is 2.22. The van der Waals surface area contributed by atoms with Crippen LogP contribution in [-0.2, 0) is 22.6 Å². The lowest BCUT2D eigenvalue weighted by Crippen LogP contribution is -2.36. The Morgan fingerprint density at radius 1 is 1.34 bits per heavy atom. The molecule has 0 saturated heterocycles. The number of amides is 2. The summed E-state index contributed by atoms with van der Waals surface area (Å²) >= 11 is 7.50. The number of nitrogens with one attached hydrogen (secondary N) is 1. The maximum Gasteiger partial charge on any atom is 0.226 e. The summed E-state index contributed by atoms with van der Waals surface area (Å²) in [7, 11) is 0. The van der Waals surface area contributed by atoms with E-state index in [0.29, 0.717) is 60.8 Å². The largest absolute Gasteiger partial charge is 0.492 e. The number of hydrogen-bond donors (Lipinski definition) is 1. The summed E-state index contributed by atoms with van der Waals surface area (Å²) in [5.41, 5.74) is 0.987. The number of ether oxygens (including phenoxy) is 1. The predicted octanol–water partition coefficient (Wildman–Crippen LogP) is 4.53. The first-order valence-electron chi connectivity index (χ1n) is 9.86. The van der Waals surface area contributed by atoms with Crippen LogP contribution in [0.5, 0.6) is 5.75 Å². The minimum Gasteiger partial charge on any atom is -0.492 e. The summed E-state index contributed by atoms with van der Waals surface area (Å²) < 4.78 is 5.60. The van der Waals surface area contributed by atoms with E-state index in [1.807, 2.05) is 30.9 Å². The van der Waals surface area contributed by atoms with Crippen LogP contribution in [0.1, 0.15) is 43.7 Å². The van der Waals surface area contributed by atoms with Crippen molar-refractivity contribution in [1.82, 2.24) is 9.88 Å². The predicted molar refractivity (Wildman–Crippen MR) is 116 cm³/mol. The maximum atomic E-state index is 12.3. The van der Waals surface area contributed by atoms with Gasteiger partial charge in [-0.15, -0.1) is 0 Å². The molecule has 6 nitrogen and oxygen atoms in total. The maximum absolute atomic E-state index is 12.3. The van der Waals surface area contributed by atoms with Gasteiger partial charge < -0.3 is 15.0 Å². The van der Waals surface area contributed by atoms with Crippen LogP contribution in [-0.4, -0.2) is 34.8 Å². The zero-order valence-corrected chi connectivity index (χ0v) is 18.3. The van der Waals surface area contributed by atoms with Crippen LogP contribution in [0.25, 0.3) is 0 Å². The number of halogens is 1. The van der Waals surface area contributed by atoms with Gasteiger partial charge in [-0.25, -0.2) is 4.98 Å². The van der Waals surface area contributed by atoms with E-state index in [1.54, 1.807) is 12.1 Å². The van der Waals surface area contributed by atoms with Gasteiger partial charge >= 0.3 is 0 Å². The molecule has 1 aromatic heterocycles. The monoisotopic (exact) mass is 435 g/mol. The SMILES string of the molecule is CC(C)CC(=O)N1CCc2nc(NC(=O)CCCOc3ccccc3Cl)sc2C1. The molecule has 29 heavy (non-hydrogen) atoms. The molecule has 0 unspecified atom stereocenters. The minimum atomic E-state index is -0.0911. The molecule has 156 valence electrons. The molecule has 0 fully saturated rings. The molecule has 0 aliphatic carbocycles. The lowest BCUT2D eigenvalue weighted by Gasteiger charge is -2.26. The smallest absolute Gasteiger partial charge is 0.226 e. The van der Waals surface area contributed by atoms with Crippen molar-refractivity contribution in [3.05, 3.63) is 39.9 Å². The Morgan fingerprint density at radius 3 is 2.90 bits per heavy atom. The molecule has 3 rings (SSSR count). The Bertz CT molecular complexity index is 869. The third-order valence-electron chi connectivity index (χ3n) is 4.56. The number of fused-ring (bicyclic) bond motifs is 1. The highest BCUT2D eigenvalue weighted by Crippen LogP contribution is 2.29. The highest BCUT2D eigenvalue weighted by Gasteiger charge is 2.24. The van der Waals surface area contributed by atoms with Gasteiger partial charge in [0.15, 0.2) is 5.13 Å². The minimum absolute atomic E-state index is 0.0911. The zero-order chi connectivity index (χ0) is 20.8. The molecule has 1 N–H and O–H groups in total. The normalized spacial score (nSPS) is 13.3. The van der Waals surface area contributed by atoms with Gasteiger partial charge in [-0.1, -0.05) is 48.9 Å². The second-order valence-electron chi connectivity index (χ2n) is 7.48. The topological polar surface area (TPSA) is 71.5 Å². The molecular formula is C21H26ClN3O3S. The van der Waals surface area contributed by atoms with Crippen LogP contribution < -0.4 is 10.1 Å². The Morgan fingerprint density at radius 2 is 2.14 bits per heavy atom. The molecule has 2 amide bonds. The second kappa shape index (κ2) is 10.1. The molecule has 2 heterocycles. The fourth-order valence-corrected chi connectivity index (χ4v) is 4.33. The third-order valence-corrected chi connectivity index (χ3v) is 5.87. The molecule has 8 heteroatoms. The lowest BCUT2D eigenvalue weighted by atomic mass is 10.1. The van der Waals surface area contributed by atoms with E-state index in [2.05, 4.69) is 10.3 Å². The first-order chi connectivity index (χ1) is 13.9. The molecule has 0 bridgehead atoms. The summed E-state index contributed by atoms with van der Waals surface area (Å²) in [4.78, 5) is 32.0. The van der Waals surface area contributed by atoms with Crippen LogP contribution in [0.4, 0.5) is 5.13 Å². The quantitative estimate of drug-likeness (QED) is 0.618. The van der Waals surface area contributed by atoms with Gasteiger partial charge in [-0.2, -0.15) is 0 Å². The van der Waals surface area contributed by atoms with Crippen LogP contribution in [0.2, 0.25) is 5.02 Å². The second-order valence-corrected chi connectivity index (χ2v) is 8.97. The van der Waals surface area contributed by atoms with Crippen molar-refractivity contribution in [1.29, 1.82) is 0 Å². The number of aromatic nitrogens is 1. The van der Waals surface area contributed by atoms with E-state index in [-0.39, 0.29) is 11.8 Å². The van der Waals surface area contributed by atoms with Crippen molar-refractivity contribution < 1.29 is 14.3 Å². The number of nitrogens with zero attached hydrogens (tertiary/aromatic N) is 2. The van der Waals surface area contributed by atoms with Crippen LogP contribution in [0, 0.1) is 5.92 Å². The average Bonchev–Trinajstić information content (AvgIpc) is 3.07. The number of thiazole rings is 1. The average molecular weight is 436 g/mol. The van der Waals surface area contributed by atoms with E-state index < -0.39 is 0 Å². The van der Waals surface area contributed by atoms with Crippen molar-refractivity contribution in [2.24, 2.45) is 5.92 Å². The Labute approximate surface area is 180 Å². The fourth-order valence-electron chi connectivity index (χ4n) is 3.10. The zero-order valence-electron chi connectivity index (χ0n) is 16.7. The Kier molecular flexibility index (Phi) is 7.50. The molecule has 0 radical (unpaired) electrons. The van der Waals surface area contributed by atoms with Gasteiger partial charge in [0, 0.05) is 30.7 Å². The number of para-hydroxylation sites is 1. The van der Waals surface area contributed by atoms with Gasteiger partial charge in [0.2, 0.25) is 11.8 Å². The first-order valence-corrected chi connectivity index (χ1v) is 11.1. The molecule has 0 saturated carbocycles. The number of rotatable bonds is 8. The van der Waals surface area contributed by atoms with Crippen LogP contribution >= 0.6 is 22.9 Å². The summed E-state index contributed by atoms with van der Waals surface area (Å²) in [6.45, 7) is 5.79. The van der Waals surface area contributed by atoms with Crippen molar-refractivity contribution in [2.45, 2.75) is 46.1 Å². The Hall–Kier alpha value is -2.12. The number of hydrogen-bond acceptors (Lipinski definition) is 5. The summed E-state index contributed by atoms with van der Waals surface area (Å²) in [5.74, 6) is 1.07. The molecular weight excluding hydrogens is 410 g/mol. The van der Waals surface area contributed by atoms with E-state index in [1.165, 1.54) is 11.3 Å². The molecule has 0 spiro atoms. The third kappa shape index (κ3) is 6.18. The van der Waals surface area contributed by atoms with E-state index >= 15 is 0 Å².